The lowest BCUT2D eigenvalue weighted by Crippen LogP contribution is -2.06. The normalized spacial score (nSPS) is 10.8. The van der Waals surface area contributed by atoms with Gasteiger partial charge in [-0.05, 0) is 22.4 Å². The van der Waals surface area contributed by atoms with Gasteiger partial charge in [0, 0.05) is 0 Å². The number of nitrogens with zero attached hydrogens (tertiary/aromatic N) is 1. The van der Waals surface area contributed by atoms with Crippen molar-refractivity contribution in [2.45, 2.75) is 0 Å². The van der Waals surface area contributed by atoms with Gasteiger partial charge in [-0.3, -0.25) is 0 Å². The maximum absolute atomic E-state index is 11.7. The van der Waals surface area contributed by atoms with Crippen LogP contribution >= 0.6 is 0 Å². The van der Waals surface area contributed by atoms with E-state index in [9.17, 15) is 4.79 Å². The molecule has 2 aromatic carbocycles. The molecule has 0 bridgehead atoms. The largest absolute Gasteiger partial charge is 0.457 e. The van der Waals surface area contributed by atoms with Crippen molar-refractivity contribution >= 4 is 22.8 Å². The first-order valence-corrected chi connectivity index (χ1v) is 6.14. The highest BCUT2D eigenvalue weighted by Gasteiger charge is 2.10. The fourth-order valence-electron chi connectivity index (χ4n) is 1.88. The fourth-order valence-corrected chi connectivity index (χ4v) is 1.88. The molecular formula is C17H13NO2. The molecule has 0 heterocycles. The van der Waals surface area contributed by atoms with E-state index in [-0.39, 0.29) is 12.2 Å². The minimum absolute atomic E-state index is 0.0248. The summed E-state index contributed by atoms with van der Waals surface area (Å²) in [7, 11) is 0. The van der Waals surface area contributed by atoms with Gasteiger partial charge in [-0.1, -0.05) is 55.1 Å². The molecule has 0 radical (unpaired) electrons. The number of nitriles is 1. The minimum Gasteiger partial charge on any atom is -0.457 e. The van der Waals surface area contributed by atoms with Crippen LogP contribution in [-0.4, -0.2) is 12.6 Å². The topological polar surface area (TPSA) is 50.1 Å². The molecule has 3 heteroatoms. The van der Waals surface area contributed by atoms with Crippen molar-refractivity contribution < 1.29 is 9.53 Å². The molecule has 98 valence electrons. The molecule has 0 unspecified atom stereocenters. The van der Waals surface area contributed by atoms with Crippen LogP contribution in [0.15, 0.2) is 60.7 Å². The molecule has 0 saturated heterocycles. The average molecular weight is 263 g/mol. The van der Waals surface area contributed by atoms with Crippen molar-refractivity contribution in [1.82, 2.24) is 0 Å². The number of hydrogen-bond donors (Lipinski definition) is 0. The zero-order valence-corrected chi connectivity index (χ0v) is 10.9. The van der Waals surface area contributed by atoms with Crippen molar-refractivity contribution in [1.29, 1.82) is 5.26 Å². The van der Waals surface area contributed by atoms with E-state index in [0.717, 1.165) is 16.3 Å². The van der Waals surface area contributed by atoms with Gasteiger partial charge in [0.15, 0.2) is 0 Å². The first-order valence-electron chi connectivity index (χ1n) is 6.14. The summed E-state index contributed by atoms with van der Waals surface area (Å²) in [4.78, 5) is 11.7. The third kappa shape index (κ3) is 2.93. The molecule has 0 aliphatic heterocycles. The second kappa shape index (κ2) is 6.35. The zero-order valence-electron chi connectivity index (χ0n) is 10.9. The van der Waals surface area contributed by atoms with E-state index in [1.807, 2.05) is 48.5 Å². The molecule has 0 fully saturated rings. The lowest BCUT2D eigenvalue weighted by molar-refractivity contribution is -0.137. The number of rotatable bonds is 4. The van der Waals surface area contributed by atoms with Crippen LogP contribution in [0.2, 0.25) is 0 Å². The molecule has 2 aromatic rings. The van der Waals surface area contributed by atoms with Crippen molar-refractivity contribution in [2.75, 3.05) is 6.61 Å². The number of benzene rings is 2. The number of hydrogen-bond acceptors (Lipinski definition) is 3. The number of ether oxygens (including phenoxy) is 1. The lowest BCUT2D eigenvalue weighted by Gasteiger charge is -2.03. The molecule has 0 saturated carbocycles. The fraction of sp³-hybridized carbons (Fsp3) is 0.0588. The van der Waals surface area contributed by atoms with Crippen LogP contribution in [-0.2, 0) is 9.53 Å². The summed E-state index contributed by atoms with van der Waals surface area (Å²) in [6, 6.07) is 15.4. The van der Waals surface area contributed by atoms with Gasteiger partial charge in [0.2, 0.25) is 0 Å². The molecule has 0 amide bonds. The second-order valence-corrected chi connectivity index (χ2v) is 4.13. The highest BCUT2D eigenvalue weighted by atomic mass is 16.5. The summed E-state index contributed by atoms with van der Waals surface area (Å²) in [6.07, 6.45) is 3.01. The molecule has 0 N–H and O–H groups in total. The first-order chi connectivity index (χ1) is 9.76. The van der Waals surface area contributed by atoms with E-state index in [1.165, 1.54) is 6.08 Å². The second-order valence-electron chi connectivity index (χ2n) is 4.13. The van der Waals surface area contributed by atoms with Crippen LogP contribution in [0.25, 0.3) is 16.8 Å². The van der Waals surface area contributed by atoms with E-state index in [0.29, 0.717) is 0 Å². The molecule has 2 rings (SSSR count). The maximum atomic E-state index is 11.7. The zero-order chi connectivity index (χ0) is 14.4. The Kier molecular flexibility index (Phi) is 4.31. The van der Waals surface area contributed by atoms with Crippen LogP contribution in [0.4, 0.5) is 0 Å². The summed E-state index contributed by atoms with van der Waals surface area (Å²) in [5.74, 6) is -0.639. The number of fused-ring (bicyclic) bond motifs is 1. The minimum atomic E-state index is -0.639. The molecule has 0 aromatic heterocycles. The van der Waals surface area contributed by atoms with Crippen LogP contribution in [0.1, 0.15) is 5.56 Å². The number of carbonyl (C=O) groups excluding carboxylic acids is 1. The first kappa shape index (κ1) is 13.6. The van der Waals surface area contributed by atoms with Crippen LogP contribution < -0.4 is 0 Å². The molecular weight excluding hydrogens is 250 g/mol. The monoisotopic (exact) mass is 263 g/mol. The Bertz CT molecular complexity index is 718. The van der Waals surface area contributed by atoms with Gasteiger partial charge in [0.05, 0.1) is 0 Å². The van der Waals surface area contributed by atoms with Gasteiger partial charge in [0.25, 0.3) is 0 Å². The SMILES string of the molecule is C=CCOC(=O)C(C#N)=Cc1cccc2ccccc12. The van der Waals surface area contributed by atoms with E-state index in [1.54, 1.807) is 6.08 Å². The van der Waals surface area contributed by atoms with E-state index >= 15 is 0 Å². The van der Waals surface area contributed by atoms with E-state index < -0.39 is 5.97 Å². The van der Waals surface area contributed by atoms with Crippen LogP contribution in [0.3, 0.4) is 0 Å². The van der Waals surface area contributed by atoms with Gasteiger partial charge >= 0.3 is 5.97 Å². The average Bonchev–Trinajstić information content (AvgIpc) is 2.50. The van der Waals surface area contributed by atoms with Gasteiger partial charge < -0.3 is 4.74 Å². The summed E-state index contributed by atoms with van der Waals surface area (Å²) in [5, 5.41) is 11.1. The Balaban J connectivity index is 2.43. The smallest absolute Gasteiger partial charge is 0.349 e. The molecule has 3 nitrogen and oxygen atoms in total. The third-order valence-electron chi connectivity index (χ3n) is 2.80. The summed E-state index contributed by atoms with van der Waals surface area (Å²) in [6.45, 7) is 3.55. The van der Waals surface area contributed by atoms with Crippen molar-refractivity contribution in [2.24, 2.45) is 0 Å². The maximum Gasteiger partial charge on any atom is 0.349 e. The summed E-state index contributed by atoms with van der Waals surface area (Å²) < 4.78 is 4.88. The predicted octanol–water partition coefficient (Wildman–Crippen LogP) is 3.48. The quantitative estimate of drug-likeness (QED) is 0.367. The van der Waals surface area contributed by atoms with Crippen LogP contribution in [0, 0.1) is 11.3 Å². The van der Waals surface area contributed by atoms with Crippen molar-refractivity contribution in [3.63, 3.8) is 0 Å². The Morgan fingerprint density at radius 1 is 1.25 bits per heavy atom. The van der Waals surface area contributed by atoms with Crippen LogP contribution in [0.5, 0.6) is 0 Å². The lowest BCUT2D eigenvalue weighted by atomic mass is 10.0. The molecule has 0 aliphatic carbocycles. The molecule has 0 spiro atoms. The van der Waals surface area contributed by atoms with E-state index in [2.05, 4.69) is 6.58 Å². The Morgan fingerprint density at radius 3 is 2.75 bits per heavy atom. The standard InChI is InChI=1S/C17H13NO2/c1-2-10-20-17(19)15(12-18)11-14-8-5-7-13-6-3-4-9-16(13)14/h2-9,11H,1,10H2. The molecule has 20 heavy (non-hydrogen) atoms. The summed E-state index contributed by atoms with van der Waals surface area (Å²) in [5.41, 5.74) is 0.790. The molecule has 0 atom stereocenters. The Morgan fingerprint density at radius 2 is 2.00 bits per heavy atom. The van der Waals surface area contributed by atoms with E-state index in [4.69, 9.17) is 10.00 Å². The highest BCUT2D eigenvalue weighted by Crippen LogP contribution is 2.21. The Hall–Kier alpha value is -2.86. The predicted molar refractivity (Wildman–Crippen MR) is 78.7 cm³/mol. The summed E-state index contributed by atoms with van der Waals surface area (Å²) >= 11 is 0. The van der Waals surface area contributed by atoms with Gasteiger partial charge in [-0.15, -0.1) is 0 Å². The number of carbonyl (C=O) groups is 1. The number of esters is 1. The third-order valence-corrected chi connectivity index (χ3v) is 2.80. The van der Waals surface area contributed by atoms with Crippen molar-refractivity contribution in [3.8, 4) is 6.07 Å². The Labute approximate surface area is 117 Å². The molecule has 0 aliphatic rings. The van der Waals surface area contributed by atoms with Gasteiger partial charge in [0.1, 0.15) is 18.2 Å². The van der Waals surface area contributed by atoms with Gasteiger partial charge in [-0.2, -0.15) is 5.26 Å². The highest BCUT2D eigenvalue weighted by molar-refractivity contribution is 6.01. The van der Waals surface area contributed by atoms with Gasteiger partial charge in [-0.25, -0.2) is 4.79 Å². The van der Waals surface area contributed by atoms with Crippen molar-refractivity contribution in [3.05, 3.63) is 66.3 Å².